The van der Waals surface area contributed by atoms with Crippen LogP contribution in [-0.4, -0.2) is 15.5 Å². The lowest BCUT2D eigenvalue weighted by Crippen LogP contribution is -2.24. The fourth-order valence-electron chi connectivity index (χ4n) is 2.37. The maximum Gasteiger partial charge on any atom is 0.224 e. The molecular weight excluding hydrogens is 281 g/mol. The largest absolute Gasteiger partial charge is 0.352 e. The Kier molecular flexibility index (Phi) is 3.87. The maximum absolute atomic E-state index is 13.5. The van der Waals surface area contributed by atoms with E-state index in [1.165, 1.54) is 6.07 Å². The van der Waals surface area contributed by atoms with Gasteiger partial charge in [0.2, 0.25) is 5.91 Å². The second kappa shape index (κ2) is 5.97. The highest BCUT2D eigenvalue weighted by molar-refractivity contribution is 5.79. The topological polar surface area (TPSA) is 46.9 Å². The van der Waals surface area contributed by atoms with Crippen molar-refractivity contribution in [3.63, 3.8) is 0 Å². The van der Waals surface area contributed by atoms with E-state index in [1.807, 2.05) is 29.8 Å². The second-order valence-corrected chi connectivity index (χ2v) is 5.22. The monoisotopic (exact) mass is 297 g/mol. The van der Waals surface area contributed by atoms with E-state index in [0.29, 0.717) is 12.1 Å². The van der Waals surface area contributed by atoms with Gasteiger partial charge in [0.25, 0.3) is 0 Å². The number of carbonyl (C=O) groups excluding carboxylic acids is 1. The highest BCUT2D eigenvalue weighted by Crippen LogP contribution is 2.14. The standard InChI is InChI=1S/C17H16FN3O/c1-21-11-20-15-8-12(6-7-16(15)21)10-19-17(22)9-13-4-2-3-5-14(13)18/h2-8,11H,9-10H2,1H3,(H,19,22). The number of imidazole rings is 1. The Morgan fingerprint density at radius 2 is 2.09 bits per heavy atom. The number of halogens is 1. The van der Waals surface area contributed by atoms with Crippen molar-refractivity contribution in [3.05, 3.63) is 65.7 Å². The molecule has 1 amide bonds. The first kappa shape index (κ1) is 14.3. The molecule has 1 N–H and O–H groups in total. The Morgan fingerprint density at radius 1 is 1.27 bits per heavy atom. The molecular formula is C17H16FN3O. The Hall–Kier alpha value is -2.69. The first-order valence-electron chi connectivity index (χ1n) is 7.03. The van der Waals surface area contributed by atoms with Crippen LogP contribution >= 0.6 is 0 Å². The van der Waals surface area contributed by atoms with Crippen LogP contribution in [0.4, 0.5) is 4.39 Å². The highest BCUT2D eigenvalue weighted by Gasteiger charge is 2.08. The highest BCUT2D eigenvalue weighted by atomic mass is 19.1. The van der Waals surface area contributed by atoms with Crippen LogP contribution in [0.3, 0.4) is 0 Å². The molecule has 0 unspecified atom stereocenters. The third-order valence-electron chi connectivity index (χ3n) is 3.59. The zero-order valence-electron chi connectivity index (χ0n) is 12.2. The molecule has 1 heterocycles. The molecule has 0 radical (unpaired) electrons. The summed E-state index contributed by atoms with van der Waals surface area (Å²) < 4.78 is 15.4. The average molecular weight is 297 g/mol. The van der Waals surface area contributed by atoms with Crippen molar-refractivity contribution >= 4 is 16.9 Å². The lowest BCUT2D eigenvalue weighted by Gasteiger charge is -2.06. The molecule has 0 aliphatic rings. The van der Waals surface area contributed by atoms with E-state index < -0.39 is 0 Å². The van der Waals surface area contributed by atoms with Gasteiger partial charge >= 0.3 is 0 Å². The van der Waals surface area contributed by atoms with Gasteiger partial charge in [-0.25, -0.2) is 9.37 Å². The van der Waals surface area contributed by atoms with Gasteiger partial charge in [0.1, 0.15) is 5.82 Å². The van der Waals surface area contributed by atoms with E-state index in [-0.39, 0.29) is 18.1 Å². The summed E-state index contributed by atoms with van der Waals surface area (Å²) in [5, 5.41) is 2.81. The molecule has 5 heteroatoms. The molecule has 0 saturated heterocycles. The Balaban J connectivity index is 1.63. The van der Waals surface area contributed by atoms with Gasteiger partial charge in [-0.2, -0.15) is 0 Å². The lowest BCUT2D eigenvalue weighted by molar-refractivity contribution is -0.120. The van der Waals surface area contributed by atoms with E-state index in [0.717, 1.165) is 16.6 Å². The van der Waals surface area contributed by atoms with Gasteiger partial charge in [0.15, 0.2) is 0 Å². The normalized spacial score (nSPS) is 10.8. The number of rotatable bonds is 4. The smallest absolute Gasteiger partial charge is 0.224 e. The predicted molar refractivity (Wildman–Crippen MR) is 82.7 cm³/mol. The molecule has 3 aromatic rings. The van der Waals surface area contributed by atoms with E-state index in [1.54, 1.807) is 24.5 Å². The van der Waals surface area contributed by atoms with Crippen LogP contribution in [0.25, 0.3) is 11.0 Å². The average Bonchev–Trinajstić information content (AvgIpc) is 2.88. The Bertz CT molecular complexity index is 826. The predicted octanol–water partition coefficient (Wildman–Crippen LogP) is 2.57. The molecule has 112 valence electrons. The maximum atomic E-state index is 13.5. The summed E-state index contributed by atoms with van der Waals surface area (Å²) in [5.74, 6) is -0.557. The fraction of sp³-hybridized carbons (Fsp3) is 0.176. The summed E-state index contributed by atoms with van der Waals surface area (Å²) in [6.45, 7) is 0.403. The molecule has 0 aliphatic carbocycles. The number of aryl methyl sites for hydroxylation is 1. The molecule has 0 saturated carbocycles. The fourth-order valence-corrected chi connectivity index (χ4v) is 2.37. The quantitative estimate of drug-likeness (QED) is 0.804. The van der Waals surface area contributed by atoms with Crippen LogP contribution in [0.2, 0.25) is 0 Å². The van der Waals surface area contributed by atoms with Crippen molar-refractivity contribution in [1.29, 1.82) is 0 Å². The number of nitrogens with zero attached hydrogens (tertiary/aromatic N) is 2. The van der Waals surface area contributed by atoms with Crippen LogP contribution in [-0.2, 0) is 24.8 Å². The van der Waals surface area contributed by atoms with E-state index in [4.69, 9.17) is 0 Å². The molecule has 0 bridgehead atoms. The molecule has 22 heavy (non-hydrogen) atoms. The van der Waals surface area contributed by atoms with E-state index in [9.17, 15) is 9.18 Å². The minimum atomic E-state index is -0.354. The summed E-state index contributed by atoms with van der Waals surface area (Å²) >= 11 is 0. The summed E-state index contributed by atoms with van der Waals surface area (Å²) in [5.41, 5.74) is 3.30. The van der Waals surface area contributed by atoms with Crippen LogP contribution in [0, 0.1) is 5.82 Å². The SMILES string of the molecule is Cn1cnc2cc(CNC(=O)Cc3ccccc3F)ccc21. The summed E-state index contributed by atoms with van der Waals surface area (Å²) in [4.78, 5) is 16.2. The van der Waals surface area contributed by atoms with Crippen molar-refractivity contribution in [2.75, 3.05) is 0 Å². The number of hydrogen-bond acceptors (Lipinski definition) is 2. The van der Waals surface area contributed by atoms with E-state index in [2.05, 4.69) is 10.3 Å². The zero-order chi connectivity index (χ0) is 15.5. The van der Waals surface area contributed by atoms with Gasteiger partial charge in [0, 0.05) is 13.6 Å². The van der Waals surface area contributed by atoms with Gasteiger partial charge in [-0.3, -0.25) is 4.79 Å². The van der Waals surface area contributed by atoms with E-state index >= 15 is 0 Å². The molecule has 0 spiro atoms. The summed E-state index contributed by atoms with van der Waals surface area (Å²) in [6, 6.07) is 12.2. The van der Waals surface area contributed by atoms with Gasteiger partial charge in [-0.15, -0.1) is 0 Å². The van der Waals surface area contributed by atoms with Crippen molar-refractivity contribution in [2.45, 2.75) is 13.0 Å². The number of hydrogen-bond donors (Lipinski definition) is 1. The molecule has 2 aromatic carbocycles. The van der Waals surface area contributed by atoms with Gasteiger partial charge in [-0.1, -0.05) is 24.3 Å². The minimum Gasteiger partial charge on any atom is -0.352 e. The van der Waals surface area contributed by atoms with Gasteiger partial charge in [-0.05, 0) is 29.3 Å². The van der Waals surface area contributed by atoms with Crippen LogP contribution < -0.4 is 5.32 Å². The number of fused-ring (bicyclic) bond motifs is 1. The summed E-state index contributed by atoms with van der Waals surface area (Å²) in [7, 11) is 1.94. The lowest BCUT2D eigenvalue weighted by atomic mass is 10.1. The molecule has 1 aromatic heterocycles. The van der Waals surface area contributed by atoms with Crippen LogP contribution in [0.15, 0.2) is 48.8 Å². The van der Waals surface area contributed by atoms with Gasteiger partial charge in [0.05, 0.1) is 23.8 Å². The number of benzene rings is 2. The summed E-state index contributed by atoms with van der Waals surface area (Å²) in [6.07, 6.45) is 1.80. The van der Waals surface area contributed by atoms with Crippen molar-refractivity contribution in [1.82, 2.24) is 14.9 Å². The Morgan fingerprint density at radius 3 is 2.91 bits per heavy atom. The second-order valence-electron chi connectivity index (χ2n) is 5.22. The van der Waals surface area contributed by atoms with Crippen molar-refractivity contribution in [3.8, 4) is 0 Å². The van der Waals surface area contributed by atoms with Crippen LogP contribution in [0.1, 0.15) is 11.1 Å². The number of nitrogens with one attached hydrogen (secondary N) is 1. The molecule has 0 fully saturated rings. The van der Waals surface area contributed by atoms with Crippen LogP contribution in [0.5, 0.6) is 0 Å². The third kappa shape index (κ3) is 2.98. The van der Waals surface area contributed by atoms with Crippen molar-refractivity contribution in [2.24, 2.45) is 7.05 Å². The molecule has 3 rings (SSSR count). The molecule has 0 atom stereocenters. The number of carbonyl (C=O) groups is 1. The first-order valence-corrected chi connectivity index (χ1v) is 7.03. The Labute approximate surface area is 127 Å². The minimum absolute atomic E-state index is 0.0402. The number of aromatic nitrogens is 2. The zero-order valence-corrected chi connectivity index (χ0v) is 12.2. The molecule has 0 aliphatic heterocycles. The third-order valence-corrected chi connectivity index (χ3v) is 3.59. The molecule has 4 nitrogen and oxygen atoms in total. The van der Waals surface area contributed by atoms with Gasteiger partial charge < -0.3 is 9.88 Å². The van der Waals surface area contributed by atoms with Crippen molar-refractivity contribution < 1.29 is 9.18 Å². The first-order chi connectivity index (χ1) is 10.6. The number of amides is 1.